The molecule has 0 saturated heterocycles. The molecule has 0 fully saturated rings. The molecule has 0 bridgehead atoms. The smallest absolute Gasteiger partial charge is 0.261 e. The van der Waals surface area contributed by atoms with Crippen LogP contribution >= 0.6 is 22.6 Å². The molecule has 3 nitrogen and oxygen atoms in total. The topological polar surface area (TPSA) is 47.3 Å². The lowest BCUT2D eigenvalue weighted by Crippen LogP contribution is -2.37. The first-order valence-electron chi connectivity index (χ1n) is 5.68. The molecule has 0 spiro atoms. The summed E-state index contributed by atoms with van der Waals surface area (Å²) in [6, 6.07) is 8.15. The van der Waals surface area contributed by atoms with Gasteiger partial charge in [0.2, 0.25) is 0 Å². The Labute approximate surface area is 119 Å². The van der Waals surface area contributed by atoms with Crippen LogP contribution in [0.3, 0.4) is 0 Å². The van der Waals surface area contributed by atoms with E-state index in [9.17, 15) is 8.78 Å². The average Bonchev–Trinajstić information content (AvgIpc) is 2.35. The molecule has 0 saturated carbocycles. The van der Waals surface area contributed by atoms with Gasteiger partial charge in [-0.05, 0) is 53.1 Å². The molecule has 0 aliphatic carbocycles. The van der Waals surface area contributed by atoms with E-state index in [1.165, 1.54) is 3.57 Å². The Bertz CT molecular complexity index is 335. The van der Waals surface area contributed by atoms with Gasteiger partial charge in [0, 0.05) is 16.2 Å². The highest BCUT2D eigenvalue weighted by Crippen LogP contribution is 2.10. The standard InChI is InChI=1S/C12H17F2IN2O/c13-12(14)8-18-6-5-11(17-16)7-9-1-3-10(15)4-2-9/h1-4,11-12,17H,5-8,16H2. The molecule has 1 aromatic carbocycles. The molecule has 102 valence electrons. The number of nitrogens with two attached hydrogens (primary N) is 1. The number of alkyl halides is 2. The number of benzene rings is 1. The molecule has 1 atom stereocenters. The van der Waals surface area contributed by atoms with Crippen LogP contribution in [0, 0.1) is 3.57 Å². The fourth-order valence-electron chi connectivity index (χ4n) is 1.55. The van der Waals surface area contributed by atoms with Crippen molar-refractivity contribution in [3.8, 4) is 0 Å². The van der Waals surface area contributed by atoms with Crippen molar-refractivity contribution in [3.63, 3.8) is 0 Å². The van der Waals surface area contributed by atoms with Crippen LogP contribution in [0.15, 0.2) is 24.3 Å². The fourth-order valence-corrected chi connectivity index (χ4v) is 1.91. The summed E-state index contributed by atoms with van der Waals surface area (Å²) in [6.07, 6.45) is -1.05. The van der Waals surface area contributed by atoms with Crippen molar-refractivity contribution in [1.29, 1.82) is 0 Å². The number of halogens is 3. The summed E-state index contributed by atoms with van der Waals surface area (Å²) in [5.74, 6) is 5.44. The highest BCUT2D eigenvalue weighted by molar-refractivity contribution is 14.1. The molecular formula is C12H17F2IN2O. The van der Waals surface area contributed by atoms with Gasteiger partial charge in [0.25, 0.3) is 6.43 Å². The molecule has 0 heterocycles. The van der Waals surface area contributed by atoms with E-state index in [-0.39, 0.29) is 12.6 Å². The molecule has 1 unspecified atom stereocenters. The predicted molar refractivity (Wildman–Crippen MR) is 75.4 cm³/mol. The second kappa shape index (κ2) is 8.73. The maximum atomic E-state index is 11.9. The van der Waals surface area contributed by atoms with Gasteiger partial charge >= 0.3 is 0 Å². The average molecular weight is 370 g/mol. The van der Waals surface area contributed by atoms with Gasteiger partial charge in [-0.2, -0.15) is 0 Å². The fraction of sp³-hybridized carbons (Fsp3) is 0.500. The Balaban J connectivity index is 2.30. The number of rotatable bonds is 8. The normalized spacial score (nSPS) is 12.9. The quantitative estimate of drug-likeness (QED) is 0.320. The second-order valence-electron chi connectivity index (χ2n) is 3.95. The Morgan fingerprint density at radius 3 is 2.50 bits per heavy atom. The summed E-state index contributed by atoms with van der Waals surface area (Å²) in [5, 5.41) is 0. The Morgan fingerprint density at radius 2 is 1.94 bits per heavy atom. The molecule has 0 amide bonds. The van der Waals surface area contributed by atoms with Crippen molar-refractivity contribution in [2.45, 2.75) is 25.3 Å². The zero-order valence-corrected chi connectivity index (χ0v) is 12.1. The van der Waals surface area contributed by atoms with Crippen LogP contribution in [0.1, 0.15) is 12.0 Å². The van der Waals surface area contributed by atoms with Crippen molar-refractivity contribution < 1.29 is 13.5 Å². The SMILES string of the molecule is NNC(CCOCC(F)F)Cc1ccc(I)cc1. The van der Waals surface area contributed by atoms with Crippen LogP contribution < -0.4 is 11.3 Å². The van der Waals surface area contributed by atoms with E-state index >= 15 is 0 Å². The first-order valence-corrected chi connectivity index (χ1v) is 6.76. The maximum absolute atomic E-state index is 11.9. The van der Waals surface area contributed by atoms with Crippen molar-refractivity contribution in [2.24, 2.45) is 5.84 Å². The van der Waals surface area contributed by atoms with E-state index in [1.54, 1.807) is 0 Å². The summed E-state index contributed by atoms with van der Waals surface area (Å²) >= 11 is 2.24. The van der Waals surface area contributed by atoms with Gasteiger partial charge in [0.15, 0.2) is 0 Å². The van der Waals surface area contributed by atoms with Gasteiger partial charge in [-0.1, -0.05) is 12.1 Å². The highest BCUT2D eigenvalue weighted by Gasteiger charge is 2.09. The van der Waals surface area contributed by atoms with Crippen LogP contribution in [0.25, 0.3) is 0 Å². The zero-order valence-electron chi connectivity index (χ0n) is 9.91. The Kier molecular flexibility index (Phi) is 7.64. The minimum absolute atomic E-state index is 0.0303. The molecule has 0 aliphatic rings. The summed E-state index contributed by atoms with van der Waals surface area (Å²) in [5.41, 5.74) is 3.84. The molecule has 6 heteroatoms. The minimum atomic E-state index is -2.41. The van der Waals surface area contributed by atoms with Crippen LogP contribution in [0.2, 0.25) is 0 Å². The van der Waals surface area contributed by atoms with Crippen LogP contribution in [0.5, 0.6) is 0 Å². The lowest BCUT2D eigenvalue weighted by molar-refractivity contribution is 0.0144. The van der Waals surface area contributed by atoms with Crippen LogP contribution in [0.4, 0.5) is 8.78 Å². The molecule has 0 aliphatic heterocycles. The second-order valence-corrected chi connectivity index (χ2v) is 5.19. The largest absolute Gasteiger partial charge is 0.375 e. The van der Waals surface area contributed by atoms with Gasteiger partial charge in [-0.25, -0.2) is 8.78 Å². The van der Waals surface area contributed by atoms with Gasteiger partial charge < -0.3 is 4.74 Å². The van der Waals surface area contributed by atoms with E-state index < -0.39 is 13.0 Å². The lowest BCUT2D eigenvalue weighted by Gasteiger charge is -2.16. The van der Waals surface area contributed by atoms with Gasteiger partial charge in [0.05, 0.1) is 0 Å². The van der Waals surface area contributed by atoms with E-state index in [0.29, 0.717) is 6.42 Å². The molecule has 0 radical (unpaired) electrons. The Hall–Kier alpha value is -0.310. The third kappa shape index (κ3) is 6.58. The molecule has 1 rings (SSSR count). The summed E-state index contributed by atoms with van der Waals surface area (Å²) in [6.45, 7) is -0.232. The molecule has 18 heavy (non-hydrogen) atoms. The van der Waals surface area contributed by atoms with Crippen LogP contribution in [-0.4, -0.2) is 25.7 Å². The molecular weight excluding hydrogens is 353 g/mol. The summed E-state index contributed by atoms with van der Waals surface area (Å²) in [7, 11) is 0. The lowest BCUT2D eigenvalue weighted by atomic mass is 10.0. The van der Waals surface area contributed by atoms with E-state index in [1.807, 2.05) is 24.3 Å². The maximum Gasteiger partial charge on any atom is 0.261 e. The first-order chi connectivity index (χ1) is 8.61. The number of ether oxygens (including phenoxy) is 1. The monoisotopic (exact) mass is 370 g/mol. The Morgan fingerprint density at radius 1 is 1.28 bits per heavy atom. The minimum Gasteiger partial charge on any atom is -0.375 e. The van der Waals surface area contributed by atoms with Crippen molar-refractivity contribution in [2.75, 3.05) is 13.2 Å². The van der Waals surface area contributed by atoms with Crippen molar-refractivity contribution in [3.05, 3.63) is 33.4 Å². The van der Waals surface area contributed by atoms with E-state index in [2.05, 4.69) is 28.0 Å². The van der Waals surface area contributed by atoms with Gasteiger partial charge in [0.1, 0.15) is 6.61 Å². The molecule has 0 aromatic heterocycles. The van der Waals surface area contributed by atoms with E-state index in [0.717, 1.165) is 12.0 Å². The molecule has 3 N–H and O–H groups in total. The van der Waals surface area contributed by atoms with Gasteiger partial charge in [-0.3, -0.25) is 11.3 Å². The summed E-state index contributed by atoms with van der Waals surface area (Å²) in [4.78, 5) is 0. The van der Waals surface area contributed by atoms with Crippen molar-refractivity contribution in [1.82, 2.24) is 5.43 Å². The first kappa shape index (κ1) is 15.7. The van der Waals surface area contributed by atoms with Crippen molar-refractivity contribution >= 4 is 22.6 Å². The number of hydrogen-bond acceptors (Lipinski definition) is 3. The molecule has 1 aromatic rings. The van der Waals surface area contributed by atoms with Crippen LogP contribution in [-0.2, 0) is 11.2 Å². The van der Waals surface area contributed by atoms with E-state index in [4.69, 9.17) is 10.6 Å². The zero-order chi connectivity index (χ0) is 13.4. The number of hydrazine groups is 1. The van der Waals surface area contributed by atoms with Gasteiger partial charge in [-0.15, -0.1) is 0 Å². The third-order valence-corrected chi connectivity index (χ3v) is 3.20. The number of hydrogen-bond donors (Lipinski definition) is 2. The predicted octanol–water partition coefficient (Wildman–Crippen LogP) is 2.34. The third-order valence-electron chi connectivity index (χ3n) is 2.49. The number of nitrogens with one attached hydrogen (secondary N) is 1. The summed E-state index contributed by atoms with van der Waals surface area (Å²) < 4.78 is 29.7. The highest BCUT2D eigenvalue weighted by atomic mass is 127.